The van der Waals surface area contributed by atoms with Crippen molar-refractivity contribution in [2.75, 3.05) is 14.2 Å². The molecule has 1 aliphatic rings. The van der Waals surface area contributed by atoms with E-state index in [4.69, 9.17) is 21.1 Å². The molecule has 1 aliphatic heterocycles. The summed E-state index contributed by atoms with van der Waals surface area (Å²) in [5.74, 6) is 1.01. The van der Waals surface area contributed by atoms with Crippen LogP contribution in [0.4, 0.5) is 0 Å². The van der Waals surface area contributed by atoms with Crippen LogP contribution in [0, 0.1) is 0 Å². The topological polar surface area (TPSA) is 42.9 Å². The monoisotopic (exact) mass is 176 g/mol. The van der Waals surface area contributed by atoms with Crippen LogP contribution in [0.3, 0.4) is 0 Å². The lowest BCUT2D eigenvalue weighted by atomic mass is 10.5. The number of nitrogens with zero attached hydrogens (tertiary/aromatic N) is 1. The number of ether oxygens (including phenoxy) is 2. The largest absolute Gasteiger partial charge is 0.482 e. The third kappa shape index (κ3) is 2.01. The van der Waals surface area contributed by atoms with Crippen LogP contribution in [0.1, 0.15) is 0 Å². The summed E-state index contributed by atoms with van der Waals surface area (Å²) in [7, 11) is 3.07. The highest BCUT2D eigenvalue weighted by Crippen LogP contribution is 2.06. The summed E-state index contributed by atoms with van der Waals surface area (Å²) in [5, 5.41) is 2.77. The smallest absolute Gasteiger partial charge is 0.216 e. The van der Waals surface area contributed by atoms with Crippen LogP contribution >= 0.6 is 11.6 Å². The lowest BCUT2D eigenvalue weighted by Crippen LogP contribution is -2.28. The molecule has 0 radical (unpaired) electrons. The lowest BCUT2D eigenvalue weighted by Gasteiger charge is -2.16. The number of aliphatic imine (C=N–C) groups is 1. The average molecular weight is 177 g/mol. The second-order valence-electron chi connectivity index (χ2n) is 1.86. The number of halogens is 1. The van der Waals surface area contributed by atoms with E-state index in [1.54, 1.807) is 13.2 Å². The SMILES string of the molecule is COC1=CC(OC)=NC(Cl)N1. The summed E-state index contributed by atoms with van der Waals surface area (Å²) in [6.07, 6.45) is 1.62. The van der Waals surface area contributed by atoms with Gasteiger partial charge in [-0.2, -0.15) is 0 Å². The maximum absolute atomic E-state index is 5.66. The summed E-state index contributed by atoms with van der Waals surface area (Å²) in [6, 6.07) is 0. The van der Waals surface area contributed by atoms with Crippen molar-refractivity contribution in [2.24, 2.45) is 4.99 Å². The zero-order valence-corrected chi connectivity index (χ0v) is 7.05. The van der Waals surface area contributed by atoms with Crippen LogP contribution in [0.25, 0.3) is 0 Å². The van der Waals surface area contributed by atoms with E-state index in [0.29, 0.717) is 11.8 Å². The number of rotatable bonds is 1. The first-order valence-electron chi connectivity index (χ1n) is 3.04. The molecule has 0 aromatic heterocycles. The normalized spacial score (nSPS) is 23.0. The molecule has 11 heavy (non-hydrogen) atoms. The molecule has 1 N–H and O–H groups in total. The van der Waals surface area contributed by atoms with Gasteiger partial charge in [0.2, 0.25) is 11.5 Å². The van der Waals surface area contributed by atoms with Crippen LogP contribution in [0.2, 0.25) is 0 Å². The van der Waals surface area contributed by atoms with Gasteiger partial charge in [0.25, 0.3) is 0 Å². The van der Waals surface area contributed by atoms with Gasteiger partial charge in [0.15, 0.2) is 5.88 Å². The van der Waals surface area contributed by atoms with Gasteiger partial charge < -0.3 is 14.8 Å². The highest BCUT2D eigenvalue weighted by Gasteiger charge is 2.12. The summed E-state index contributed by atoms with van der Waals surface area (Å²) >= 11 is 5.66. The predicted octanol–water partition coefficient (Wildman–Crippen LogP) is 0.645. The fourth-order valence-corrected chi connectivity index (χ4v) is 0.886. The molecule has 1 unspecified atom stereocenters. The van der Waals surface area contributed by atoms with Gasteiger partial charge in [0, 0.05) is 0 Å². The molecular weight excluding hydrogens is 168 g/mol. The van der Waals surface area contributed by atoms with Crippen molar-refractivity contribution in [3.05, 3.63) is 12.0 Å². The van der Waals surface area contributed by atoms with Gasteiger partial charge >= 0.3 is 0 Å². The molecule has 0 amide bonds. The van der Waals surface area contributed by atoms with Crippen molar-refractivity contribution < 1.29 is 9.47 Å². The zero-order chi connectivity index (χ0) is 8.27. The minimum absolute atomic E-state index is 0.459. The van der Waals surface area contributed by atoms with Crippen molar-refractivity contribution in [3.8, 4) is 0 Å². The Morgan fingerprint density at radius 3 is 2.82 bits per heavy atom. The summed E-state index contributed by atoms with van der Waals surface area (Å²) in [4.78, 5) is 3.89. The molecule has 0 aromatic rings. The van der Waals surface area contributed by atoms with Crippen LogP contribution < -0.4 is 5.32 Å². The van der Waals surface area contributed by atoms with E-state index in [-0.39, 0.29) is 0 Å². The fraction of sp³-hybridized carbons (Fsp3) is 0.500. The van der Waals surface area contributed by atoms with E-state index in [1.807, 2.05) is 0 Å². The Morgan fingerprint density at radius 1 is 1.55 bits per heavy atom. The van der Waals surface area contributed by atoms with Gasteiger partial charge in [-0.05, 0) is 0 Å². The van der Waals surface area contributed by atoms with E-state index in [0.717, 1.165) is 0 Å². The number of nitrogens with one attached hydrogen (secondary N) is 1. The van der Waals surface area contributed by atoms with E-state index in [9.17, 15) is 0 Å². The average Bonchev–Trinajstić information content (AvgIpc) is 2.03. The molecule has 0 aliphatic carbocycles. The third-order valence-corrected chi connectivity index (χ3v) is 1.39. The van der Waals surface area contributed by atoms with Crippen molar-refractivity contribution in [3.63, 3.8) is 0 Å². The van der Waals surface area contributed by atoms with Crippen LogP contribution in [0.5, 0.6) is 0 Å². The van der Waals surface area contributed by atoms with Gasteiger partial charge in [0.05, 0.1) is 20.3 Å². The van der Waals surface area contributed by atoms with E-state index < -0.39 is 5.62 Å². The van der Waals surface area contributed by atoms with Crippen molar-refractivity contribution >= 4 is 17.5 Å². The summed E-state index contributed by atoms with van der Waals surface area (Å²) < 4.78 is 9.76. The highest BCUT2D eigenvalue weighted by molar-refractivity contribution is 6.21. The van der Waals surface area contributed by atoms with Crippen LogP contribution in [-0.4, -0.2) is 25.7 Å². The van der Waals surface area contributed by atoms with Gasteiger partial charge in [0.1, 0.15) is 0 Å². The van der Waals surface area contributed by atoms with E-state index >= 15 is 0 Å². The van der Waals surface area contributed by atoms with Crippen molar-refractivity contribution in [1.29, 1.82) is 0 Å². The molecule has 62 valence electrons. The molecule has 0 saturated heterocycles. The second kappa shape index (κ2) is 3.48. The molecule has 0 saturated carbocycles. The molecule has 0 fully saturated rings. The van der Waals surface area contributed by atoms with Gasteiger partial charge in [-0.25, -0.2) is 4.99 Å². The number of hydrogen-bond acceptors (Lipinski definition) is 4. The lowest BCUT2D eigenvalue weighted by molar-refractivity contribution is 0.254. The van der Waals surface area contributed by atoms with Gasteiger partial charge in [-0.3, -0.25) is 0 Å². The number of hydrogen-bond donors (Lipinski definition) is 1. The number of alkyl halides is 1. The summed E-state index contributed by atoms with van der Waals surface area (Å²) in [5.41, 5.74) is -0.509. The summed E-state index contributed by atoms with van der Waals surface area (Å²) in [6.45, 7) is 0. The quantitative estimate of drug-likeness (QED) is 0.471. The molecule has 0 bridgehead atoms. The Labute approximate surface area is 69.8 Å². The Morgan fingerprint density at radius 2 is 2.27 bits per heavy atom. The molecule has 0 spiro atoms. The first-order chi connectivity index (χ1) is 5.26. The minimum atomic E-state index is -0.509. The van der Waals surface area contributed by atoms with Gasteiger partial charge in [-0.1, -0.05) is 11.6 Å². The van der Waals surface area contributed by atoms with Gasteiger partial charge in [-0.15, -0.1) is 0 Å². The second-order valence-corrected chi connectivity index (χ2v) is 2.28. The molecular formula is C6H9ClN2O2. The van der Waals surface area contributed by atoms with Crippen molar-refractivity contribution in [2.45, 2.75) is 5.62 Å². The maximum Gasteiger partial charge on any atom is 0.216 e. The first kappa shape index (κ1) is 8.20. The predicted molar refractivity (Wildman–Crippen MR) is 42.3 cm³/mol. The Kier molecular flexibility index (Phi) is 2.59. The van der Waals surface area contributed by atoms with Crippen LogP contribution in [0.15, 0.2) is 17.0 Å². The first-order valence-corrected chi connectivity index (χ1v) is 3.48. The Bertz CT molecular complexity index is 203. The van der Waals surface area contributed by atoms with Crippen molar-refractivity contribution in [1.82, 2.24) is 5.32 Å². The minimum Gasteiger partial charge on any atom is -0.482 e. The molecule has 1 heterocycles. The van der Waals surface area contributed by atoms with E-state index in [2.05, 4.69) is 10.3 Å². The van der Waals surface area contributed by atoms with Crippen LogP contribution in [-0.2, 0) is 9.47 Å². The maximum atomic E-state index is 5.66. The Balaban J connectivity index is 2.71. The standard InChI is InChI=1S/C6H9ClN2O2/c1-10-4-3-5(11-2)9-6(7)8-4/h3,6,8H,1-2H3. The zero-order valence-electron chi connectivity index (χ0n) is 6.30. The van der Waals surface area contributed by atoms with E-state index in [1.165, 1.54) is 7.11 Å². The molecule has 5 heteroatoms. The Hall–Kier alpha value is -0.900. The third-order valence-electron chi connectivity index (χ3n) is 1.19. The number of methoxy groups -OCH3 is 2. The molecule has 1 rings (SSSR count). The molecule has 1 atom stereocenters. The fourth-order valence-electron chi connectivity index (χ4n) is 0.682. The molecule has 4 nitrogen and oxygen atoms in total. The highest BCUT2D eigenvalue weighted by atomic mass is 35.5. The molecule has 0 aromatic carbocycles.